The number of amides is 1. The van der Waals surface area contributed by atoms with E-state index in [-0.39, 0.29) is 26.0 Å². The van der Waals surface area contributed by atoms with Crippen molar-refractivity contribution in [2.24, 2.45) is 5.73 Å². The molecule has 17 heavy (non-hydrogen) atoms. The van der Waals surface area contributed by atoms with E-state index in [2.05, 4.69) is 5.32 Å². The van der Waals surface area contributed by atoms with Crippen molar-refractivity contribution in [1.82, 2.24) is 5.32 Å². The van der Waals surface area contributed by atoms with Crippen LogP contribution in [0.2, 0.25) is 0 Å². The average Bonchev–Trinajstić information content (AvgIpc) is 2.13. The van der Waals surface area contributed by atoms with E-state index in [0.717, 1.165) is 0 Å². The third-order valence-electron chi connectivity index (χ3n) is 1.96. The van der Waals surface area contributed by atoms with Gasteiger partial charge in [0.2, 0.25) is 0 Å². The minimum atomic E-state index is -1.13. The lowest BCUT2D eigenvalue weighted by Crippen LogP contribution is -2.42. The molecule has 0 saturated carbocycles. The molecule has 0 fully saturated rings. The Morgan fingerprint density at radius 2 is 2.12 bits per heavy atom. The van der Waals surface area contributed by atoms with Gasteiger partial charge >= 0.3 is 6.09 Å². The maximum absolute atomic E-state index is 13.2. The molecule has 6 heteroatoms. The summed E-state index contributed by atoms with van der Waals surface area (Å²) in [5, 5.41) is 11.4. The predicted molar refractivity (Wildman–Crippen MR) is 63.4 cm³/mol. The van der Waals surface area contributed by atoms with E-state index in [1.807, 2.05) is 0 Å². The van der Waals surface area contributed by atoms with Gasteiger partial charge in [0, 0.05) is 6.42 Å². The summed E-state index contributed by atoms with van der Waals surface area (Å²) in [5.74, 6) is 0. The Morgan fingerprint density at radius 1 is 1.53 bits per heavy atom. The number of ether oxygens (including phenoxy) is 1. The molecule has 0 aromatic heterocycles. The van der Waals surface area contributed by atoms with Crippen molar-refractivity contribution in [3.8, 4) is 0 Å². The molecule has 0 saturated heterocycles. The number of hydrogen-bond donors (Lipinski definition) is 3. The summed E-state index contributed by atoms with van der Waals surface area (Å²) >= 11 is 0. The second kappa shape index (κ2) is 7.45. The van der Waals surface area contributed by atoms with Gasteiger partial charge in [-0.15, -0.1) is 0 Å². The van der Waals surface area contributed by atoms with Gasteiger partial charge in [0.1, 0.15) is 11.8 Å². The molecule has 0 radical (unpaired) electrons. The van der Waals surface area contributed by atoms with E-state index in [1.165, 1.54) is 0 Å². The van der Waals surface area contributed by atoms with Crippen LogP contribution in [-0.4, -0.2) is 42.2 Å². The molecule has 0 aliphatic rings. The number of carbonyl (C=O) groups excluding carboxylic acids is 1. The molecule has 4 N–H and O–H groups in total. The largest absolute Gasteiger partial charge is 0.444 e. The number of alkyl carbamates (subject to hydrolysis) is 1. The zero-order valence-corrected chi connectivity index (χ0v) is 10.7. The van der Waals surface area contributed by atoms with Crippen LogP contribution in [0.5, 0.6) is 0 Å². The topological polar surface area (TPSA) is 84.6 Å². The fourth-order valence-corrected chi connectivity index (χ4v) is 1.26. The minimum Gasteiger partial charge on any atom is -0.444 e. The van der Waals surface area contributed by atoms with E-state index in [1.54, 1.807) is 20.8 Å². The Bertz CT molecular complexity index is 231. The number of nitrogens with one attached hydrogen (secondary N) is 1. The molecule has 2 unspecified atom stereocenters. The second-order valence-electron chi connectivity index (χ2n) is 4.94. The Morgan fingerprint density at radius 3 is 2.53 bits per heavy atom. The van der Waals surface area contributed by atoms with Gasteiger partial charge in [-0.25, -0.2) is 9.18 Å². The van der Waals surface area contributed by atoms with E-state index < -0.39 is 23.9 Å². The van der Waals surface area contributed by atoms with Crippen molar-refractivity contribution in [3.05, 3.63) is 0 Å². The van der Waals surface area contributed by atoms with Gasteiger partial charge < -0.3 is 20.9 Å². The van der Waals surface area contributed by atoms with Crippen LogP contribution in [-0.2, 0) is 4.74 Å². The molecule has 0 aliphatic heterocycles. The number of carbonyl (C=O) groups is 1. The molecule has 5 nitrogen and oxygen atoms in total. The molecule has 0 bridgehead atoms. The van der Waals surface area contributed by atoms with Crippen molar-refractivity contribution in [3.63, 3.8) is 0 Å². The Balaban J connectivity index is 4.08. The van der Waals surface area contributed by atoms with Crippen LogP contribution in [0.15, 0.2) is 0 Å². The number of alkyl halides is 1. The molecule has 0 heterocycles. The SMILES string of the molecule is CC(C)(C)OC(=O)NC(CO)CC(F)CCN. The molecule has 0 spiro atoms. The Hall–Kier alpha value is -0.880. The zero-order valence-electron chi connectivity index (χ0n) is 10.7. The highest BCUT2D eigenvalue weighted by Gasteiger charge is 2.21. The summed E-state index contributed by atoms with van der Waals surface area (Å²) in [6.45, 7) is 5.10. The van der Waals surface area contributed by atoms with E-state index in [9.17, 15) is 9.18 Å². The molecule has 2 atom stereocenters. The first-order valence-electron chi connectivity index (χ1n) is 5.73. The van der Waals surface area contributed by atoms with Crippen LogP contribution < -0.4 is 11.1 Å². The highest BCUT2D eigenvalue weighted by molar-refractivity contribution is 5.68. The average molecular weight is 250 g/mol. The summed E-state index contributed by atoms with van der Waals surface area (Å²) in [6, 6.07) is -0.647. The third-order valence-corrected chi connectivity index (χ3v) is 1.96. The van der Waals surface area contributed by atoms with Crippen LogP contribution in [0.4, 0.5) is 9.18 Å². The monoisotopic (exact) mass is 250 g/mol. The summed E-state index contributed by atoms with van der Waals surface area (Å²) in [5.41, 5.74) is 4.60. The van der Waals surface area contributed by atoms with Crippen molar-refractivity contribution in [1.29, 1.82) is 0 Å². The van der Waals surface area contributed by atoms with Gasteiger partial charge in [-0.1, -0.05) is 0 Å². The maximum atomic E-state index is 13.2. The molecular formula is C11H23FN2O3. The molecule has 0 aliphatic carbocycles. The van der Waals surface area contributed by atoms with Crippen LogP contribution in [0, 0.1) is 0 Å². The lowest BCUT2D eigenvalue weighted by Gasteiger charge is -2.23. The molecule has 0 aromatic rings. The standard InChI is InChI=1S/C11H23FN2O3/c1-11(2,3)17-10(16)14-9(7-15)6-8(12)4-5-13/h8-9,15H,4-7,13H2,1-3H3,(H,14,16). The summed E-state index contributed by atoms with van der Waals surface area (Å²) < 4.78 is 18.2. The maximum Gasteiger partial charge on any atom is 0.407 e. The first-order valence-corrected chi connectivity index (χ1v) is 5.73. The fraction of sp³-hybridized carbons (Fsp3) is 0.909. The summed E-state index contributed by atoms with van der Waals surface area (Å²) in [4.78, 5) is 11.4. The van der Waals surface area contributed by atoms with Gasteiger partial charge in [0.25, 0.3) is 0 Å². The van der Waals surface area contributed by atoms with Crippen molar-refractivity contribution in [2.75, 3.05) is 13.2 Å². The van der Waals surface area contributed by atoms with Gasteiger partial charge in [-0.2, -0.15) is 0 Å². The molecule has 0 aromatic carbocycles. The van der Waals surface area contributed by atoms with Gasteiger partial charge in [0.05, 0.1) is 12.6 Å². The number of halogens is 1. The van der Waals surface area contributed by atoms with Gasteiger partial charge in [-0.05, 0) is 33.7 Å². The Labute approximate surface area is 102 Å². The molecule has 1 amide bonds. The van der Waals surface area contributed by atoms with E-state index in [4.69, 9.17) is 15.6 Å². The van der Waals surface area contributed by atoms with E-state index in [0.29, 0.717) is 0 Å². The first kappa shape index (κ1) is 16.1. The summed E-state index contributed by atoms with van der Waals surface area (Å²) in [7, 11) is 0. The van der Waals surface area contributed by atoms with Gasteiger partial charge in [0.15, 0.2) is 0 Å². The Kier molecular flexibility index (Phi) is 7.06. The molecular weight excluding hydrogens is 227 g/mol. The van der Waals surface area contributed by atoms with Crippen molar-refractivity contribution < 1.29 is 19.0 Å². The van der Waals surface area contributed by atoms with Crippen molar-refractivity contribution in [2.45, 2.75) is 51.4 Å². The van der Waals surface area contributed by atoms with Crippen LogP contribution >= 0.6 is 0 Å². The number of nitrogens with two attached hydrogens (primary N) is 1. The zero-order chi connectivity index (χ0) is 13.5. The normalized spacial score (nSPS) is 15.2. The van der Waals surface area contributed by atoms with Crippen molar-refractivity contribution >= 4 is 6.09 Å². The first-order chi connectivity index (χ1) is 7.78. The smallest absolute Gasteiger partial charge is 0.407 e. The van der Waals surface area contributed by atoms with E-state index >= 15 is 0 Å². The predicted octanol–water partition coefficient (Wildman–Crippen LogP) is 0.949. The lowest BCUT2D eigenvalue weighted by atomic mass is 10.1. The van der Waals surface area contributed by atoms with Crippen LogP contribution in [0.25, 0.3) is 0 Å². The number of hydrogen-bond acceptors (Lipinski definition) is 4. The van der Waals surface area contributed by atoms with Crippen LogP contribution in [0.1, 0.15) is 33.6 Å². The highest BCUT2D eigenvalue weighted by atomic mass is 19.1. The van der Waals surface area contributed by atoms with Crippen LogP contribution in [0.3, 0.4) is 0 Å². The molecule has 0 rings (SSSR count). The quantitative estimate of drug-likeness (QED) is 0.655. The molecule has 102 valence electrons. The lowest BCUT2D eigenvalue weighted by molar-refractivity contribution is 0.0468. The fourth-order valence-electron chi connectivity index (χ4n) is 1.26. The second-order valence-corrected chi connectivity index (χ2v) is 4.94. The minimum absolute atomic E-state index is 0.0347. The third kappa shape index (κ3) is 8.88. The highest BCUT2D eigenvalue weighted by Crippen LogP contribution is 2.09. The summed E-state index contributed by atoms with van der Waals surface area (Å²) in [6.07, 6.45) is -1.54. The van der Waals surface area contributed by atoms with Gasteiger partial charge in [-0.3, -0.25) is 0 Å². The number of aliphatic hydroxyl groups is 1. The number of rotatable bonds is 6. The number of aliphatic hydroxyl groups excluding tert-OH is 1.